The van der Waals surface area contributed by atoms with E-state index in [4.69, 9.17) is 28.5 Å². The average Bonchev–Trinajstić information content (AvgIpc) is 3.72. The van der Waals surface area contributed by atoms with E-state index in [1.807, 2.05) is 32.4 Å². The molecule has 18 heteroatoms. The van der Waals surface area contributed by atoms with Crippen molar-refractivity contribution in [1.29, 1.82) is 5.26 Å². The molecule has 4 atom stereocenters. The van der Waals surface area contributed by atoms with Gasteiger partial charge in [0.2, 0.25) is 0 Å². The van der Waals surface area contributed by atoms with Crippen molar-refractivity contribution in [2.45, 2.75) is 77.2 Å². The number of benzene rings is 2. The van der Waals surface area contributed by atoms with E-state index in [2.05, 4.69) is 26.3 Å². The van der Waals surface area contributed by atoms with Gasteiger partial charge in [-0.15, -0.1) is 0 Å². The first kappa shape index (κ1) is 38.5. The molecule has 0 saturated carbocycles. The Morgan fingerprint density at radius 2 is 1.85 bits per heavy atom. The van der Waals surface area contributed by atoms with Crippen molar-refractivity contribution < 1.29 is 46.0 Å². The second-order valence-electron chi connectivity index (χ2n) is 12.1. The van der Waals surface area contributed by atoms with E-state index in [0.29, 0.717) is 22.8 Å². The number of halogens is 3. The Balaban J connectivity index is 1.38. The monoisotopic (exact) mass is 743 g/mol. The number of fused-ring (bicyclic) bond motifs is 1. The van der Waals surface area contributed by atoms with Crippen LogP contribution in [0.25, 0.3) is 11.2 Å². The summed E-state index contributed by atoms with van der Waals surface area (Å²) in [5, 5.41) is 11.9. The molecule has 276 valence electrons. The number of anilines is 1. The predicted octanol–water partition coefficient (Wildman–Crippen LogP) is 7.26. The van der Waals surface area contributed by atoms with Crippen LogP contribution in [0.1, 0.15) is 62.7 Å². The Bertz CT molecular complexity index is 1870. The minimum atomic E-state index is -4.63. The summed E-state index contributed by atoms with van der Waals surface area (Å²) >= 11 is 0. The van der Waals surface area contributed by atoms with Gasteiger partial charge in [0.25, 0.3) is 14.4 Å². The molecule has 2 aromatic heterocycles. The molecule has 3 heterocycles. The second kappa shape index (κ2) is 17.2. The molecule has 1 aliphatic rings. The van der Waals surface area contributed by atoms with E-state index >= 15 is 0 Å². The van der Waals surface area contributed by atoms with Gasteiger partial charge in [0.15, 0.2) is 17.0 Å². The van der Waals surface area contributed by atoms with Gasteiger partial charge in [-0.25, -0.2) is 24.4 Å². The van der Waals surface area contributed by atoms with Crippen molar-refractivity contribution >= 4 is 37.6 Å². The normalized spacial score (nSPS) is 18.1. The molecule has 5 rings (SSSR count). The van der Waals surface area contributed by atoms with Crippen molar-refractivity contribution in [2.24, 2.45) is 0 Å². The first-order valence-electron chi connectivity index (χ1n) is 16.3. The van der Waals surface area contributed by atoms with Gasteiger partial charge >= 0.3 is 12.3 Å². The van der Waals surface area contributed by atoms with Crippen molar-refractivity contribution in [3.8, 4) is 11.8 Å². The van der Waals surface area contributed by atoms with Crippen molar-refractivity contribution in [3.63, 3.8) is 0 Å². The minimum Gasteiger partial charge on any atom is -0.431 e. The third-order valence-corrected chi connectivity index (χ3v) is 9.89. The highest BCUT2D eigenvalue weighted by molar-refractivity contribution is 7.44. The van der Waals surface area contributed by atoms with E-state index < -0.39 is 51.5 Å². The van der Waals surface area contributed by atoms with E-state index in [1.165, 1.54) is 18.7 Å². The van der Waals surface area contributed by atoms with E-state index in [0.717, 1.165) is 12.1 Å². The number of nitrogens with one attached hydrogen (secondary N) is 1. The van der Waals surface area contributed by atoms with Crippen LogP contribution >= 0.6 is 8.53 Å². The minimum absolute atomic E-state index is 0.0118. The first-order valence-corrected chi connectivity index (χ1v) is 17.4. The lowest BCUT2D eigenvalue weighted by atomic mass is 10.2. The molecule has 0 spiro atoms. The Morgan fingerprint density at radius 3 is 2.54 bits per heavy atom. The number of carbonyl (C=O) groups excluding carboxylic acids is 2. The lowest BCUT2D eigenvalue weighted by Crippen LogP contribution is -2.37. The van der Waals surface area contributed by atoms with Gasteiger partial charge in [0.1, 0.15) is 31.0 Å². The molecule has 1 fully saturated rings. The van der Waals surface area contributed by atoms with Gasteiger partial charge in [-0.3, -0.25) is 9.36 Å². The molecule has 1 amide bonds. The molecule has 1 N–H and O–H groups in total. The molecular weight excluding hydrogens is 706 g/mol. The Morgan fingerprint density at radius 1 is 1.10 bits per heavy atom. The number of amides is 1. The Labute approximate surface area is 298 Å². The zero-order valence-electron chi connectivity index (χ0n) is 28.7. The van der Waals surface area contributed by atoms with Crippen molar-refractivity contribution in [1.82, 2.24) is 24.2 Å². The predicted molar refractivity (Wildman–Crippen MR) is 182 cm³/mol. The third-order valence-electron chi connectivity index (χ3n) is 7.73. The lowest BCUT2D eigenvalue weighted by molar-refractivity contribution is -0.137. The molecule has 2 aromatic carbocycles. The van der Waals surface area contributed by atoms with Crippen molar-refractivity contribution in [3.05, 3.63) is 78.4 Å². The summed E-state index contributed by atoms with van der Waals surface area (Å²) < 4.78 is 72.7. The topological polar surface area (TPSA) is 163 Å². The number of hydrogen-bond acceptors (Lipinski definition) is 12. The van der Waals surface area contributed by atoms with E-state index in [9.17, 15) is 22.8 Å². The van der Waals surface area contributed by atoms with Gasteiger partial charge in [-0.2, -0.15) is 18.4 Å². The molecule has 0 aliphatic carbocycles. The number of ether oxygens (including phenoxy) is 3. The zero-order chi connectivity index (χ0) is 37.4. The van der Waals surface area contributed by atoms with Crippen LogP contribution in [0.5, 0.6) is 5.75 Å². The number of nitrogens with zero attached hydrogens (tertiary/aromatic N) is 6. The van der Waals surface area contributed by atoms with Crippen LogP contribution in [0.15, 0.2) is 67.3 Å². The lowest BCUT2D eigenvalue weighted by Gasteiger charge is -2.37. The number of aromatic nitrogens is 4. The smallest absolute Gasteiger partial charge is 0.431 e. The van der Waals surface area contributed by atoms with Crippen LogP contribution in [-0.2, 0) is 24.7 Å². The first-order chi connectivity index (χ1) is 24.8. The maximum absolute atomic E-state index is 13.2. The van der Waals surface area contributed by atoms with E-state index in [-0.39, 0.29) is 49.0 Å². The van der Waals surface area contributed by atoms with Gasteiger partial charge in [0.05, 0.1) is 37.1 Å². The number of nitriles is 1. The molecule has 52 heavy (non-hydrogen) atoms. The SMILES string of the molecule is CC(C)N(C(C)C)P(OCCC#N)O[C@H]1C[C@H](n2cnc3c(NC(=O)c4ccccc4)ncnc32)O[C@@H]1COC(=O)Oc1cccc(C(F)(F)F)c1. The molecule has 4 aromatic rings. The molecule has 0 bridgehead atoms. The fourth-order valence-electron chi connectivity index (χ4n) is 5.48. The molecular formula is C34H37F3N7O7P. The summed E-state index contributed by atoms with van der Waals surface area (Å²) in [6.07, 6.45) is -5.23. The summed E-state index contributed by atoms with van der Waals surface area (Å²) in [5.41, 5.74) is 0.0702. The number of hydrogen-bond donors (Lipinski definition) is 1. The Kier molecular flexibility index (Phi) is 12.7. The molecule has 14 nitrogen and oxygen atoms in total. The summed E-state index contributed by atoms with van der Waals surface area (Å²) in [7, 11) is -1.76. The molecule has 1 unspecified atom stereocenters. The van der Waals surface area contributed by atoms with Crippen LogP contribution in [0.4, 0.5) is 23.8 Å². The molecule has 0 radical (unpaired) electrons. The maximum Gasteiger partial charge on any atom is 0.513 e. The van der Waals surface area contributed by atoms with Crippen LogP contribution < -0.4 is 10.1 Å². The van der Waals surface area contributed by atoms with Crippen LogP contribution in [-0.4, -0.2) is 73.8 Å². The molecule has 1 saturated heterocycles. The second-order valence-corrected chi connectivity index (χ2v) is 13.5. The van der Waals surface area contributed by atoms with E-state index in [1.54, 1.807) is 34.9 Å². The van der Waals surface area contributed by atoms with Crippen LogP contribution in [0, 0.1) is 11.3 Å². The summed E-state index contributed by atoms with van der Waals surface area (Å²) in [4.78, 5) is 38.6. The largest absolute Gasteiger partial charge is 0.513 e. The summed E-state index contributed by atoms with van der Waals surface area (Å²) in [6, 6.07) is 14.5. The van der Waals surface area contributed by atoms with Gasteiger partial charge in [0, 0.05) is 24.1 Å². The quantitative estimate of drug-likeness (QED) is 0.0596. The number of carbonyl (C=O) groups is 2. The third kappa shape index (κ3) is 9.58. The fraction of sp³-hybridized carbons (Fsp3) is 0.412. The Hall–Kier alpha value is -4.72. The zero-order valence-corrected chi connectivity index (χ0v) is 29.6. The standard InChI is InChI=1S/C34H37F3N7O7P/c1-21(2)44(22(3)4)52(48-15-9-14-38)51-26-17-28(50-27(26)18-47-33(46)49-25-13-8-12-24(16-25)34(35,36)37)43-20-41-29-30(39-19-40-31(29)43)42-32(45)23-10-6-5-7-11-23/h5-8,10-13,16,19-22,26-28H,9,15,17-18H2,1-4H3,(H,39,40,42,45)/t26-,27+,28+,52?/m0/s1. The van der Waals surface area contributed by atoms with Crippen molar-refractivity contribution in [2.75, 3.05) is 18.5 Å². The highest BCUT2D eigenvalue weighted by Crippen LogP contribution is 2.50. The maximum atomic E-state index is 13.2. The van der Waals surface area contributed by atoms with Crippen LogP contribution in [0.2, 0.25) is 0 Å². The fourth-order valence-corrected chi connectivity index (χ4v) is 7.24. The molecule has 1 aliphatic heterocycles. The number of rotatable bonds is 14. The summed E-state index contributed by atoms with van der Waals surface area (Å²) in [6.45, 7) is 7.64. The van der Waals surface area contributed by atoms with Gasteiger partial charge in [-0.1, -0.05) is 24.3 Å². The highest BCUT2D eigenvalue weighted by Gasteiger charge is 2.42. The van der Waals surface area contributed by atoms with Gasteiger partial charge < -0.3 is 28.6 Å². The van der Waals surface area contributed by atoms with Crippen LogP contribution in [0.3, 0.4) is 0 Å². The highest BCUT2D eigenvalue weighted by atomic mass is 31.2. The number of imidazole rings is 1. The average molecular weight is 744 g/mol. The summed E-state index contributed by atoms with van der Waals surface area (Å²) in [5.74, 6) is -0.560. The van der Waals surface area contributed by atoms with Gasteiger partial charge in [-0.05, 0) is 58.0 Å². The number of alkyl halides is 3.